The Bertz CT molecular complexity index is 174. The molecule has 68 valence electrons. The molecule has 0 spiro atoms. The first-order valence-corrected chi connectivity index (χ1v) is 5.40. The highest BCUT2D eigenvalue weighted by molar-refractivity contribution is 5.83. The second-order valence-corrected chi connectivity index (χ2v) is 4.38. The Morgan fingerprint density at radius 1 is 1.00 bits per heavy atom. The Morgan fingerprint density at radius 3 is 2.67 bits per heavy atom. The molecule has 0 aromatic carbocycles. The highest BCUT2D eigenvalue weighted by Gasteiger charge is 2.41. The summed E-state index contributed by atoms with van der Waals surface area (Å²) in [6, 6.07) is 0. The van der Waals surface area contributed by atoms with Crippen LogP contribution in [0.2, 0.25) is 0 Å². The third-order valence-corrected chi connectivity index (χ3v) is 3.33. The number of Topliss-reactive ketones (excluding diaryl/α,β-unsaturated/α-hetero) is 1. The maximum atomic E-state index is 11.5. The van der Waals surface area contributed by atoms with E-state index in [4.69, 9.17) is 0 Å². The molecule has 0 saturated heterocycles. The van der Waals surface area contributed by atoms with Gasteiger partial charge in [0.2, 0.25) is 0 Å². The predicted molar refractivity (Wildman–Crippen MR) is 48.9 cm³/mol. The molecule has 0 heterocycles. The van der Waals surface area contributed by atoms with E-state index in [9.17, 15) is 4.79 Å². The van der Waals surface area contributed by atoms with E-state index in [1.54, 1.807) is 0 Å². The third kappa shape index (κ3) is 1.88. The molecule has 1 nitrogen and oxygen atoms in total. The summed E-state index contributed by atoms with van der Waals surface area (Å²) >= 11 is 0. The Kier molecular flexibility index (Phi) is 2.48. The Hall–Kier alpha value is -0.330. The van der Waals surface area contributed by atoms with Crippen LogP contribution in [0.4, 0.5) is 0 Å². The van der Waals surface area contributed by atoms with Crippen molar-refractivity contribution in [1.29, 1.82) is 0 Å². The van der Waals surface area contributed by atoms with Crippen molar-refractivity contribution in [3.8, 4) is 0 Å². The van der Waals surface area contributed by atoms with Gasteiger partial charge in [-0.3, -0.25) is 4.79 Å². The van der Waals surface area contributed by atoms with Crippen molar-refractivity contribution in [2.45, 2.75) is 51.4 Å². The molecule has 2 atom stereocenters. The molecule has 2 fully saturated rings. The Balaban J connectivity index is 1.84. The molecule has 12 heavy (non-hydrogen) atoms. The molecule has 0 unspecified atom stereocenters. The zero-order valence-corrected chi connectivity index (χ0v) is 7.72. The highest BCUT2D eigenvalue weighted by Crippen LogP contribution is 2.44. The standard InChI is InChI=1S/C11H18O/c12-11-7-5-3-1-2-4-6-9-8-10(9)11/h9-10H,1-8H2/t9-,10+/m0/s1. The van der Waals surface area contributed by atoms with Crippen LogP contribution >= 0.6 is 0 Å². The lowest BCUT2D eigenvalue weighted by atomic mass is 10.0. The smallest absolute Gasteiger partial charge is 0.136 e. The van der Waals surface area contributed by atoms with Gasteiger partial charge in [0, 0.05) is 12.3 Å². The molecule has 0 aliphatic heterocycles. The van der Waals surface area contributed by atoms with Crippen LogP contribution in [-0.4, -0.2) is 5.78 Å². The zero-order valence-electron chi connectivity index (χ0n) is 7.72. The minimum absolute atomic E-state index is 0.503. The largest absolute Gasteiger partial charge is 0.299 e. The summed E-state index contributed by atoms with van der Waals surface area (Å²) < 4.78 is 0. The van der Waals surface area contributed by atoms with Crippen molar-refractivity contribution in [2.75, 3.05) is 0 Å². The van der Waals surface area contributed by atoms with Crippen molar-refractivity contribution in [3.05, 3.63) is 0 Å². The first kappa shape index (κ1) is 8.28. The van der Waals surface area contributed by atoms with E-state index in [1.807, 2.05) is 0 Å². The molecule has 2 aliphatic rings. The number of ketones is 1. The SMILES string of the molecule is O=C1CCCCCCC[C@H]2C[C@@H]12. The summed E-state index contributed by atoms with van der Waals surface area (Å²) in [5.74, 6) is 1.88. The molecule has 0 radical (unpaired) electrons. The van der Waals surface area contributed by atoms with Crippen LogP contribution in [0.3, 0.4) is 0 Å². The van der Waals surface area contributed by atoms with Crippen LogP contribution in [0.15, 0.2) is 0 Å². The fourth-order valence-electron chi connectivity index (χ4n) is 2.38. The average Bonchev–Trinajstić information content (AvgIpc) is 2.82. The molecular formula is C11H18O. The van der Waals surface area contributed by atoms with Crippen LogP contribution in [0.1, 0.15) is 51.4 Å². The number of hydrogen-bond acceptors (Lipinski definition) is 1. The average molecular weight is 166 g/mol. The minimum Gasteiger partial charge on any atom is -0.299 e. The van der Waals surface area contributed by atoms with Gasteiger partial charge in [-0.1, -0.05) is 25.7 Å². The van der Waals surface area contributed by atoms with Gasteiger partial charge >= 0.3 is 0 Å². The minimum atomic E-state index is 0.503. The summed E-state index contributed by atoms with van der Waals surface area (Å²) in [7, 11) is 0. The van der Waals surface area contributed by atoms with E-state index in [-0.39, 0.29) is 0 Å². The molecule has 2 aliphatic carbocycles. The molecule has 2 saturated carbocycles. The van der Waals surface area contributed by atoms with Crippen molar-refractivity contribution in [2.24, 2.45) is 11.8 Å². The Labute approximate surface area is 74.5 Å². The number of hydrogen-bond donors (Lipinski definition) is 0. The number of rotatable bonds is 0. The highest BCUT2D eigenvalue weighted by atomic mass is 16.1. The molecule has 0 aromatic rings. The van der Waals surface area contributed by atoms with E-state index in [0.29, 0.717) is 11.7 Å². The van der Waals surface area contributed by atoms with Crippen molar-refractivity contribution in [1.82, 2.24) is 0 Å². The number of carbonyl (C=O) groups excluding carboxylic acids is 1. The zero-order chi connectivity index (χ0) is 8.39. The molecule has 0 aromatic heterocycles. The van der Waals surface area contributed by atoms with E-state index in [1.165, 1.54) is 38.5 Å². The van der Waals surface area contributed by atoms with E-state index < -0.39 is 0 Å². The van der Waals surface area contributed by atoms with Crippen molar-refractivity contribution >= 4 is 5.78 Å². The number of fused-ring (bicyclic) bond motifs is 1. The lowest BCUT2D eigenvalue weighted by Gasteiger charge is -2.05. The second-order valence-electron chi connectivity index (χ2n) is 4.38. The third-order valence-electron chi connectivity index (χ3n) is 3.33. The molecule has 0 N–H and O–H groups in total. The van der Waals surface area contributed by atoms with Crippen molar-refractivity contribution < 1.29 is 4.79 Å². The van der Waals surface area contributed by atoms with Gasteiger partial charge in [0.25, 0.3) is 0 Å². The summed E-state index contributed by atoms with van der Waals surface area (Å²) in [4.78, 5) is 11.5. The first-order valence-electron chi connectivity index (χ1n) is 5.40. The van der Waals surface area contributed by atoms with E-state index >= 15 is 0 Å². The predicted octanol–water partition coefficient (Wildman–Crippen LogP) is 2.94. The van der Waals surface area contributed by atoms with E-state index in [0.717, 1.165) is 18.8 Å². The van der Waals surface area contributed by atoms with Gasteiger partial charge in [-0.15, -0.1) is 0 Å². The maximum Gasteiger partial charge on any atom is 0.136 e. The quantitative estimate of drug-likeness (QED) is 0.540. The van der Waals surface area contributed by atoms with Gasteiger partial charge in [0.1, 0.15) is 5.78 Å². The van der Waals surface area contributed by atoms with E-state index in [2.05, 4.69) is 0 Å². The lowest BCUT2D eigenvalue weighted by molar-refractivity contribution is -0.120. The van der Waals surface area contributed by atoms with Crippen LogP contribution in [-0.2, 0) is 4.79 Å². The first-order chi connectivity index (χ1) is 5.88. The summed E-state index contributed by atoms with van der Waals surface area (Å²) in [5.41, 5.74) is 0. The molecule has 2 rings (SSSR count). The van der Waals surface area contributed by atoms with Crippen LogP contribution in [0.25, 0.3) is 0 Å². The summed E-state index contributed by atoms with van der Waals surface area (Å²) in [6.07, 6.45) is 9.98. The van der Waals surface area contributed by atoms with Gasteiger partial charge in [0.05, 0.1) is 0 Å². The van der Waals surface area contributed by atoms with Gasteiger partial charge in [0.15, 0.2) is 0 Å². The van der Waals surface area contributed by atoms with Crippen LogP contribution < -0.4 is 0 Å². The molecule has 0 amide bonds. The van der Waals surface area contributed by atoms with Gasteiger partial charge in [-0.25, -0.2) is 0 Å². The van der Waals surface area contributed by atoms with Crippen LogP contribution in [0.5, 0.6) is 0 Å². The monoisotopic (exact) mass is 166 g/mol. The normalized spacial score (nSPS) is 37.2. The molecular weight excluding hydrogens is 148 g/mol. The lowest BCUT2D eigenvalue weighted by Crippen LogP contribution is -2.03. The Morgan fingerprint density at radius 2 is 1.75 bits per heavy atom. The summed E-state index contributed by atoms with van der Waals surface area (Å²) in [6.45, 7) is 0. The number of carbonyl (C=O) groups is 1. The van der Waals surface area contributed by atoms with Gasteiger partial charge < -0.3 is 0 Å². The van der Waals surface area contributed by atoms with Crippen LogP contribution in [0, 0.1) is 11.8 Å². The van der Waals surface area contributed by atoms with Crippen molar-refractivity contribution in [3.63, 3.8) is 0 Å². The van der Waals surface area contributed by atoms with Gasteiger partial charge in [-0.05, 0) is 25.2 Å². The second kappa shape index (κ2) is 3.59. The fourth-order valence-corrected chi connectivity index (χ4v) is 2.38. The molecule has 1 heteroatoms. The summed E-state index contributed by atoms with van der Waals surface area (Å²) in [5, 5.41) is 0. The maximum absolute atomic E-state index is 11.5. The molecule has 0 bridgehead atoms. The fraction of sp³-hybridized carbons (Fsp3) is 0.909. The topological polar surface area (TPSA) is 17.1 Å². The van der Waals surface area contributed by atoms with Gasteiger partial charge in [-0.2, -0.15) is 0 Å².